The molecule has 2 aromatic rings. The van der Waals surface area contributed by atoms with E-state index in [-0.39, 0.29) is 41.9 Å². The van der Waals surface area contributed by atoms with Gasteiger partial charge >= 0.3 is 35.5 Å². The van der Waals surface area contributed by atoms with Gasteiger partial charge in [-0.15, -0.1) is 5.11 Å². The summed E-state index contributed by atoms with van der Waals surface area (Å²) in [6, 6.07) is 14.5. The predicted octanol–water partition coefficient (Wildman–Crippen LogP) is 4.31. The third-order valence-corrected chi connectivity index (χ3v) is 4.19. The first-order valence-corrected chi connectivity index (χ1v) is 8.22. The number of carbonyl (C=O) groups is 1. The van der Waals surface area contributed by atoms with Gasteiger partial charge in [-0.05, 0) is 29.8 Å². The van der Waals surface area contributed by atoms with Crippen LogP contribution in [0.1, 0.15) is 24.5 Å². The third-order valence-electron chi connectivity index (χ3n) is 3.94. The van der Waals surface area contributed by atoms with Crippen LogP contribution in [-0.4, -0.2) is 42.6 Å². The number of halogens is 1. The standard InChI is InChI=1S/C19H17ClN2O3.Na.H/c1-3-18(23)25-19(14-6-8-15(20)9-7-14)17(12-21-22-19)13-4-10-16(24-2)11-5-13;;/h4-12H,3H2,1-2H3;;. The molecule has 1 aliphatic rings. The van der Waals surface area contributed by atoms with E-state index in [1.165, 1.54) is 0 Å². The summed E-state index contributed by atoms with van der Waals surface area (Å²) in [5.41, 5.74) is 0.887. The van der Waals surface area contributed by atoms with Crippen LogP contribution in [0.2, 0.25) is 5.02 Å². The molecule has 0 radical (unpaired) electrons. The Hall–Kier alpha value is -1.66. The number of esters is 1. The molecule has 5 nitrogen and oxygen atoms in total. The van der Waals surface area contributed by atoms with Crippen molar-refractivity contribution in [2.45, 2.75) is 19.1 Å². The molecule has 1 aliphatic heterocycles. The molecule has 26 heavy (non-hydrogen) atoms. The van der Waals surface area contributed by atoms with Crippen molar-refractivity contribution < 1.29 is 14.3 Å². The van der Waals surface area contributed by atoms with Crippen molar-refractivity contribution in [2.24, 2.45) is 10.2 Å². The number of rotatable bonds is 5. The van der Waals surface area contributed by atoms with Crippen LogP contribution >= 0.6 is 11.6 Å². The number of hydrogen-bond acceptors (Lipinski definition) is 5. The second-order valence-electron chi connectivity index (χ2n) is 5.47. The average molecular weight is 381 g/mol. The van der Waals surface area contributed by atoms with Crippen molar-refractivity contribution in [1.82, 2.24) is 0 Å². The van der Waals surface area contributed by atoms with E-state index in [9.17, 15) is 4.79 Å². The SMILES string of the molecule is CCC(=O)OC1(c2ccc(Cl)cc2)N=NC=C1c1ccc(OC)cc1.[NaH]. The summed E-state index contributed by atoms with van der Waals surface area (Å²) in [4.78, 5) is 12.1. The van der Waals surface area contributed by atoms with Gasteiger partial charge in [0, 0.05) is 17.0 Å². The monoisotopic (exact) mass is 380 g/mol. The second-order valence-corrected chi connectivity index (χ2v) is 5.90. The van der Waals surface area contributed by atoms with Crippen LogP contribution in [-0.2, 0) is 15.3 Å². The van der Waals surface area contributed by atoms with Gasteiger partial charge in [0.1, 0.15) is 5.75 Å². The molecule has 3 rings (SSSR count). The molecule has 0 N–H and O–H groups in total. The zero-order valence-corrected chi connectivity index (χ0v) is 14.7. The van der Waals surface area contributed by atoms with Crippen LogP contribution in [0.3, 0.4) is 0 Å². The Morgan fingerprint density at radius 2 is 1.77 bits per heavy atom. The zero-order chi connectivity index (χ0) is 17.9. The van der Waals surface area contributed by atoms with E-state index in [2.05, 4.69) is 10.2 Å². The Kier molecular flexibility index (Phi) is 7.01. The fourth-order valence-electron chi connectivity index (χ4n) is 2.61. The van der Waals surface area contributed by atoms with E-state index in [0.29, 0.717) is 16.2 Å². The fraction of sp³-hybridized carbons (Fsp3) is 0.211. The van der Waals surface area contributed by atoms with Crippen LogP contribution in [0.15, 0.2) is 65.0 Å². The molecule has 0 aliphatic carbocycles. The Morgan fingerprint density at radius 1 is 1.12 bits per heavy atom. The van der Waals surface area contributed by atoms with Crippen molar-refractivity contribution in [3.05, 3.63) is 70.9 Å². The Morgan fingerprint density at radius 3 is 2.35 bits per heavy atom. The first-order valence-electron chi connectivity index (χ1n) is 7.84. The molecule has 0 aromatic heterocycles. The summed E-state index contributed by atoms with van der Waals surface area (Å²) in [5, 5.41) is 8.90. The first kappa shape index (κ1) is 20.6. The number of carbonyl (C=O) groups excluding carboxylic acids is 1. The van der Waals surface area contributed by atoms with Gasteiger partial charge in [-0.25, -0.2) is 0 Å². The zero-order valence-electron chi connectivity index (χ0n) is 13.9. The van der Waals surface area contributed by atoms with Crippen LogP contribution in [0, 0.1) is 0 Å². The van der Waals surface area contributed by atoms with Crippen molar-refractivity contribution in [3.63, 3.8) is 0 Å². The van der Waals surface area contributed by atoms with Crippen LogP contribution in [0.25, 0.3) is 5.57 Å². The molecular weight excluding hydrogens is 363 g/mol. The van der Waals surface area contributed by atoms with E-state index < -0.39 is 5.72 Å². The van der Waals surface area contributed by atoms with E-state index in [1.807, 2.05) is 24.3 Å². The molecule has 0 saturated carbocycles. The van der Waals surface area contributed by atoms with Crippen molar-refractivity contribution >= 4 is 52.7 Å². The summed E-state index contributed by atoms with van der Waals surface area (Å²) in [6.07, 6.45) is 1.85. The maximum atomic E-state index is 12.1. The molecule has 0 bridgehead atoms. The third kappa shape index (κ3) is 4.01. The van der Waals surface area contributed by atoms with Gasteiger partial charge in [0.2, 0.25) is 0 Å². The van der Waals surface area contributed by atoms with Gasteiger partial charge in [0.15, 0.2) is 0 Å². The summed E-state index contributed by atoms with van der Waals surface area (Å²) in [6.45, 7) is 1.74. The first-order chi connectivity index (χ1) is 12.1. The van der Waals surface area contributed by atoms with Crippen LogP contribution in [0.5, 0.6) is 5.75 Å². The van der Waals surface area contributed by atoms with E-state index in [0.717, 1.165) is 11.3 Å². The van der Waals surface area contributed by atoms with E-state index >= 15 is 0 Å². The molecule has 0 fully saturated rings. The van der Waals surface area contributed by atoms with Crippen LogP contribution in [0.4, 0.5) is 0 Å². The van der Waals surface area contributed by atoms with Gasteiger partial charge in [-0.1, -0.05) is 42.8 Å². The van der Waals surface area contributed by atoms with E-state index in [1.54, 1.807) is 44.5 Å². The van der Waals surface area contributed by atoms with Crippen LogP contribution < -0.4 is 4.74 Å². The molecule has 2 aromatic carbocycles. The minimum atomic E-state index is -1.31. The molecule has 7 heteroatoms. The molecule has 0 spiro atoms. The van der Waals surface area contributed by atoms with Gasteiger partial charge in [-0.3, -0.25) is 4.79 Å². The summed E-state index contributed by atoms with van der Waals surface area (Å²) < 4.78 is 11.0. The van der Waals surface area contributed by atoms with Gasteiger partial charge in [-0.2, -0.15) is 5.11 Å². The molecule has 0 amide bonds. The molecule has 0 saturated heterocycles. The average Bonchev–Trinajstić information content (AvgIpc) is 3.06. The molecule has 1 heterocycles. The molecule has 130 valence electrons. The topological polar surface area (TPSA) is 60.2 Å². The second kappa shape index (κ2) is 8.82. The van der Waals surface area contributed by atoms with Crippen molar-refractivity contribution in [1.29, 1.82) is 0 Å². The maximum absolute atomic E-state index is 12.1. The number of nitrogens with zero attached hydrogens (tertiary/aromatic N) is 2. The van der Waals surface area contributed by atoms with Gasteiger partial charge in [0.25, 0.3) is 5.72 Å². The summed E-state index contributed by atoms with van der Waals surface area (Å²) in [7, 11) is 1.61. The normalized spacial score (nSPS) is 18.0. The molecule has 1 unspecified atom stereocenters. The number of azo groups is 1. The fourth-order valence-corrected chi connectivity index (χ4v) is 2.74. The van der Waals surface area contributed by atoms with Gasteiger partial charge in [0.05, 0.1) is 18.9 Å². The van der Waals surface area contributed by atoms with Crippen molar-refractivity contribution in [2.75, 3.05) is 7.11 Å². The molecular formula is C19H18ClN2NaO3. The number of ether oxygens (including phenoxy) is 2. The molecule has 1 atom stereocenters. The minimum absolute atomic E-state index is 0. The number of methoxy groups -OCH3 is 1. The number of hydrogen-bond donors (Lipinski definition) is 0. The van der Waals surface area contributed by atoms with Crippen molar-refractivity contribution in [3.8, 4) is 5.75 Å². The Balaban J connectivity index is 0.00000243. The summed E-state index contributed by atoms with van der Waals surface area (Å²) >= 11 is 5.99. The quantitative estimate of drug-likeness (QED) is 0.573. The Labute approximate surface area is 179 Å². The number of benzene rings is 2. The predicted molar refractivity (Wildman–Crippen MR) is 102 cm³/mol. The Bertz CT molecular complexity index is 835. The van der Waals surface area contributed by atoms with E-state index in [4.69, 9.17) is 21.1 Å². The summed E-state index contributed by atoms with van der Waals surface area (Å²) in [5.74, 6) is 0.370. The van der Waals surface area contributed by atoms with Gasteiger partial charge < -0.3 is 9.47 Å².